The fourth-order valence-electron chi connectivity index (χ4n) is 4.67. The van der Waals surface area contributed by atoms with Crippen LogP contribution in [0.5, 0.6) is 0 Å². The third kappa shape index (κ3) is 3.40. The van der Waals surface area contributed by atoms with Crippen molar-refractivity contribution in [3.63, 3.8) is 0 Å². The number of anilines is 1. The Labute approximate surface area is 150 Å². The molecule has 0 aromatic heterocycles. The van der Waals surface area contributed by atoms with Gasteiger partial charge in [0.25, 0.3) is 0 Å². The number of hydrogen-bond acceptors (Lipinski definition) is 4. The van der Waals surface area contributed by atoms with Crippen molar-refractivity contribution in [1.29, 1.82) is 0 Å². The molecule has 0 spiro atoms. The van der Waals surface area contributed by atoms with E-state index >= 15 is 0 Å². The van der Waals surface area contributed by atoms with Crippen molar-refractivity contribution >= 4 is 11.6 Å². The molecule has 3 aliphatic rings. The minimum atomic E-state index is 0.0416. The summed E-state index contributed by atoms with van der Waals surface area (Å²) in [5.41, 5.74) is 2.63. The van der Waals surface area contributed by atoms with Crippen LogP contribution in [0.1, 0.15) is 31.7 Å². The van der Waals surface area contributed by atoms with Gasteiger partial charge in [-0.3, -0.25) is 4.79 Å². The topological polar surface area (TPSA) is 53.6 Å². The summed E-state index contributed by atoms with van der Waals surface area (Å²) in [4.78, 5) is 14.0. The molecule has 1 aromatic rings. The third-order valence-corrected chi connectivity index (χ3v) is 6.08. The molecule has 0 radical (unpaired) electrons. The summed E-state index contributed by atoms with van der Waals surface area (Å²) < 4.78 is 5.81. The van der Waals surface area contributed by atoms with Crippen LogP contribution >= 0.6 is 0 Å². The molecule has 1 aliphatic carbocycles. The number of hydrogen-bond donors (Lipinski definition) is 2. The Balaban J connectivity index is 1.32. The van der Waals surface area contributed by atoms with E-state index in [0.717, 1.165) is 39.0 Å². The Morgan fingerprint density at radius 3 is 2.52 bits per heavy atom. The Kier molecular flexibility index (Phi) is 4.69. The highest BCUT2D eigenvalue weighted by molar-refractivity contribution is 5.73. The second-order valence-corrected chi connectivity index (χ2v) is 7.80. The van der Waals surface area contributed by atoms with Gasteiger partial charge in [-0.1, -0.05) is 17.7 Å². The van der Waals surface area contributed by atoms with Gasteiger partial charge >= 0.3 is 0 Å². The minimum absolute atomic E-state index is 0.0416. The zero-order chi connectivity index (χ0) is 17.4. The SMILES string of the molecule is CC(=O)N[C@@H]1[C@@H](NC2CCN(c3ccc(C)cc3)CC2)[C@H]2CCO[C@H]21. The zero-order valence-corrected chi connectivity index (χ0v) is 15.2. The lowest BCUT2D eigenvalue weighted by atomic mass is 9.71. The first-order valence-corrected chi connectivity index (χ1v) is 9.58. The molecule has 1 aromatic carbocycles. The van der Waals surface area contributed by atoms with Crippen molar-refractivity contribution in [3.05, 3.63) is 29.8 Å². The van der Waals surface area contributed by atoms with Gasteiger partial charge in [0.1, 0.15) is 0 Å². The van der Waals surface area contributed by atoms with E-state index in [0.29, 0.717) is 18.0 Å². The number of rotatable bonds is 4. The highest BCUT2D eigenvalue weighted by Gasteiger charge is 2.54. The first-order valence-electron chi connectivity index (χ1n) is 9.58. The Bertz CT molecular complexity index is 610. The number of piperidine rings is 1. The quantitative estimate of drug-likeness (QED) is 0.876. The molecule has 3 fully saturated rings. The molecule has 0 unspecified atom stereocenters. The van der Waals surface area contributed by atoms with Crippen molar-refractivity contribution in [3.8, 4) is 0 Å². The van der Waals surface area contributed by atoms with Crippen LogP contribution in [-0.2, 0) is 9.53 Å². The molecule has 1 amide bonds. The smallest absolute Gasteiger partial charge is 0.217 e. The van der Waals surface area contributed by atoms with Crippen LogP contribution in [-0.4, -0.2) is 49.8 Å². The molecule has 5 heteroatoms. The standard InChI is InChI=1S/C20H29N3O2/c1-13-3-5-16(6-4-13)23-10-7-15(8-11-23)22-18-17-9-12-25-20(17)19(18)21-14(2)24/h3-6,15,17-20,22H,7-12H2,1-2H3,(H,21,24)/t17-,18+,19-,20-/m1/s1. The van der Waals surface area contributed by atoms with Crippen molar-refractivity contribution in [2.45, 2.75) is 57.3 Å². The number of benzene rings is 1. The monoisotopic (exact) mass is 343 g/mol. The average molecular weight is 343 g/mol. The normalized spacial score (nSPS) is 32.2. The summed E-state index contributed by atoms with van der Waals surface area (Å²) in [6.07, 6.45) is 3.62. The number of ether oxygens (including phenoxy) is 1. The summed E-state index contributed by atoms with van der Waals surface area (Å²) in [6.45, 7) is 6.73. The predicted molar refractivity (Wildman–Crippen MR) is 98.8 cm³/mol. The molecule has 2 heterocycles. The molecule has 5 nitrogen and oxygen atoms in total. The minimum Gasteiger partial charge on any atom is -0.376 e. The van der Waals surface area contributed by atoms with Gasteiger partial charge < -0.3 is 20.3 Å². The summed E-state index contributed by atoms with van der Waals surface area (Å²) >= 11 is 0. The van der Waals surface area contributed by atoms with E-state index < -0.39 is 0 Å². The Morgan fingerprint density at radius 1 is 1.12 bits per heavy atom. The van der Waals surface area contributed by atoms with Crippen LogP contribution < -0.4 is 15.5 Å². The molecule has 4 rings (SSSR count). The lowest BCUT2D eigenvalue weighted by molar-refractivity contribution is -0.124. The number of nitrogens with one attached hydrogen (secondary N) is 2. The van der Waals surface area contributed by atoms with Gasteiger partial charge in [-0.15, -0.1) is 0 Å². The maximum atomic E-state index is 11.5. The van der Waals surface area contributed by atoms with Crippen molar-refractivity contribution in [2.75, 3.05) is 24.6 Å². The van der Waals surface area contributed by atoms with Crippen LogP contribution in [0.15, 0.2) is 24.3 Å². The fraction of sp³-hybridized carbons (Fsp3) is 0.650. The third-order valence-electron chi connectivity index (χ3n) is 6.08. The number of nitrogens with zero attached hydrogens (tertiary/aromatic N) is 1. The fourth-order valence-corrected chi connectivity index (χ4v) is 4.67. The highest BCUT2D eigenvalue weighted by Crippen LogP contribution is 2.39. The van der Waals surface area contributed by atoms with Crippen molar-refractivity contribution in [2.24, 2.45) is 5.92 Å². The molecule has 25 heavy (non-hydrogen) atoms. The second-order valence-electron chi connectivity index (χ2n) is 7.80. The molecule has 2 N–H and O–H groups in total. The van der Waals surface area contributed by atoms with Crippen LogP contribution in [0.3, 0.4) is 0 Å². The Hall–Kier alpha value is -1.59. The van der Waals surface area contributed by atoms with E-state index in [9.17, 15) is 4.79 Å². The van der Waals surface area contributed by atoms with E-state index in [1.807, 2.05) is 0 Å². The van der Waals surface area contributed by atoms with Crippen LogP contribution in [0.25, 0.3) is 0 Å². The molecule has 1 saturated carbocycles. The summed E-state index contributed by atoms with van der Waals surface area (Å²) in [6, 6.07) is 9.86. The van der Waals surface area contributed by atoms with Gasteiger partial charge in [0, 0.05) is 50.3 Å². The van der Waals surface area contributed by atoms with Gasteiger partial charge in [-0.2, -0.15) is 0 Å². The van der Waals surface area contributed by atoms with Crippen molar-refractivity contribution in [1.82, 2.24) is 10.6 Å². The van der Waals surface area contributed by atoms with Gasteiger partial charge in [0.2, 0.25) is 5.91 Å². The second kappa shape index (κ2) is 6.96. The molecule has 2 aliphatic heterocycles. The average Bonchev–Trinajstić information content (AvgIpc) is 3.04. The van der Waals surface area contributed by atoms with Crippen molar-refractivity contribution < 1.29 is 9.53 Å². The molecule has 0 bridgehead atoms. The van der Waals surface area contributed by atoms with Gasteiger partial charge in [0.15, 0.2) is 0 Å². The number of fused-ring (bicyclic) bond motifs is 1. The maximum Gasteiger partial charge on any atom is 0.217 e. The van der Waals surface area contributed by atoms with Crippen LogP contribution in [0.2, 0.25) is 0 Å². The number of carbonyl (C=O) groups excluding carboxylic acids is 1. The molecular formula is C20H29N3O2. The van der Waals surface area contributed by atoms with E-state index in [2.05, 4.69) is 46.7 Å². The summed E-state index contributed by atoms with van der Waals surface area (Å²) in [5, 5.41) is 6.94. The van der Waals surface area contributed by atoms with Crippen LogP contribution in [0.4, 0.5) is 5.69 Å². The molecule has 4 atom stereocenters. The van der Waals surface area contributed by atoms with E-state index in [1.165, 1.54) is 11.3 Å². The highest BCUT2D eigenvalue weighted by atomic mass is 16.5. The number of aryl methyl sites for hydroxylation is 1. The Morgan fingerprint density at radius 2 is 1.84 bits per heavy atom. The summed E-state index contributed by atoms with van der Waals surface area (Å²) in [5.74, 6) is 0.604. The van der Waals surface area contributed by atoms with Gasteiger partial charge in [-0.05, 0) is 38.3 Å². The largest absolute Gasteiger partial charge is 0.376 e. The first kappa shape index (κ1) is 16.9. The van der Waals surface area contributed by atoms with E-state index in [4.69, 9.17) is 4.74 Å². The lowest BCUT2D eigenvalue weighted by Crippen LogP contribution is -2.71. The summed E-state index contributed by atoms with van der Waals surface area (Å²) in [7, 11) is 0. The molecular weight excluding hydrogens is 314 g/mol. The van der Waals surface area contributed by atoms with E-state index in [-0.39, 0.29) is 18.1 Å². The molecule has 2 saturated heterocycles. The van der Waals surface area contributed by atoms with Gasteiger partial charge in [-0.25, -0.2) is 0 Å². The number of carbonyl (C=O) groups is 1. The lowest BCUT2D eigenvalue weighted by Gasteiger charge is -2.50. The van der Waals surface area contributed by atoms with Crippen LogP contribution in [0, 0.1) is 12.8 Å². The predicted octanol–water partition coefficient (Wildman–Crippen LogP) is 1.85. The first-order chi connectivity index (χ1) is 12.1. The van der Waals surface area contributed by atoms with E-state index in [1.54, 1.807) is 6.92 Å². The van der Waals surface area contributed by atoms with Gasteiger partial charge in [0.05, 0.1) is 12.1 Å². The molecule has 136 valence electrons. The zero-order valence-electron chi connectivity index (χ0n) is 15.2. The number of amides is 1. The maximum absolute atomic E-state index is 11.5.